The van der Waals surface area contributed by atoms with Crippen molar-refractivity contribution in [3.05, 3.63) is 90.3 Å². The van der Waals surface area contributed by atoms with E-state index in [0.29, 0.717) is 38.8 Å². The van der Waals surface area contributed by atoms with Crippen LogP contribution in [0.1, 0.15) is 90.7 Å². The van der Waals surface area contributed by atoms with Crippen LogP contribution in [-0.2, 0) is 52.8 Å². The largest absolute Gasteiger partial charge is 0.464 e. The zero-order valence-electron chi connectivity index (χ0n) is 40.1. The summed E-state index contributed by atoms with van der Waals surface area (Å²) in [5.74, 6) is -2.60. The van der Waals surface area contributed by atoms with Crippen LogP contribution in [0, 0.1) is 17.3 Å². The van der Waals surface area contributed by atoms with Crippen LogP contribution in [0.3, 0.4) is 0 Å². The normalized spacial score (nSPS) is 22.1. The highest BCUT2D eigenvalue weighted by molar-refractivity contribution is 5.96. The molecule has 7 rings (SSSR count). The maximum absolute atomic E-state index is 14.7. The molecule has 66 heavy (non-hydrogen) atoms. The summed E-state index contributed by atoms with van der Waals surface area (Å²) in [5, 5.41) is 5.58. The lowest BCUT2D eigenvalue weighted by Crippen LogP contribution is -2.62. The van der Waals surface area contributed by atoms with E-state index in [2.05, 4.69) is 79.1 Å². The standard InChI is InChI=1S/C52H67N7O7/c1-11-44(60)58-29-37(24-32(58)5)49(62)56(9)46(31(3)4)48(61)54-42-26-34-16-13-17-35(25-34)36-20-21-43-39(27-36)40(47(57(43)12-2)38-18-14-22-53-45(38)33(6)65-10)28-52(7,8)30-66-51(64)41-19-15-23-59(55-41)50(42)63/h11,13-14,16-18,20-22,25,27,31-33,37,41-42,46,55H,1,12,15,19,23-24,26,28-30H2,2-10H3,(H,54,61)/t32-,33-,37-,41-,42-,46?/m0/s1. The second kappa shape index (κ2) is 19.9. The first-order chi connectivity index (χ1) is 31.5. The van der Waals surface area contributed by atoms with Crippen LogP contribution >= 0.6 is 0 Å². The minimum Gasteiger partial charge on any atom is -0.464 e. The highest BCUT2D eigenvalue weighted by atomic mass is 16.5. The van der Waals surface area contributed by atoms with Crippen LogP contribution in [-0.4, -0.2) is 112 Å². The number of esters is 1. The number of hydrogen-bond donors (Lipinski definition) is 2. The maximum Gasteiger partial charge on any atom is 0.324 e. The summed E-state index contributed by atoms with van der Waals surface area (Å²) in [4.78, 5) is 77.7. The molecule has 4 amide bonds. The van der Waals surface area contributed by atoms with Gasteiger partial charge in [-0.3, -0.25) is 34.0 Å². The minimum atomic E-state index is -1.05. The number of carbonyl (C=O) groups is 5. The number of nitrogens with zero attached hydrogens (tertiary/aromatic N) is 5. The van der Waals surface area contributed by atoms with E-state index in [1.807, 2.05) is 45.9 Å². The van der Waals surface area contributed by atoms with Crippen molar-refractivity contribution < 1.29 is 33.4 Å². The summed E-state index contributed by atoms with van der Waals surface area (Å²) < 4.78 is 14.3. The van der Waals surface area contributed by atoms with Gasteiger partial charge in [-0.15, -0.1) is 0 Å². The molecule has 2 aromatic carbocycles. The Balaban J connectivity index is 1.29. The van der Waals surface area contributed by atoms with Crippen molar-refractivity contribution in [2.24, 2.45) is 17.3 Å². The number of fused-ring (bicyclic) bond motifs is 6. The third-order valence-corrected chi connectivity index (χ3v) is 13.7. The van der Waals surface area contributed by atoms with Crippen molar-refractivity contribution >= 4 is 40.5 Å². The Morgan fingerprint density at radius 2 is 1.85 bits per heavy atom. The van der Waals surface area contributed by atoms with Crippen LogP contribution < -0.4 is 10.7 Å². The fourth-order valence-electron chi connectivity index (χ4n) is 10.2. The molecule has 0 radical (unpaired) electrons. The van der Waals surface area contributed by atoms with Crippen LogP contribution in [0.5, 0.6) is 0 Å². The fraction of sp³-hybridized carbons (Fsp3) is 0.500. The Morgan fingerprint density at radius 1 is 1.09 bits per heavy atom. The molecule has 14 heteroatoms. The van der Waals surface area contributed by atoms with Gasteiger partial charge in [0, 0.05) is 74.3 Å². The molecule has 2 aromatic heterocycles. The highest BCUT2D eigenvalue weighted by Crippen LogP contribution is 2.42. The average Bonchev–Trinajstić information content (AvgIpc) is 3.85. The summed E-state index contributed by atoms with van der Waals surface area (Å²) >= 11 is 0. The van der Waals surface area contributed by atoms with Gasteiger partial charge < -0.3 is 29.2 Å². The lowest BCUT2D eigenvalue weighted by atomic mass is 9.84. The molecule has 4 aromatic rings. The van der Waals surface area contributed by atoms with E-state index in [9.17, 15) is 24.0 Å². The number of rotatable bonds is 10. The number of likely N-dealkylation sites (N-methyl/N-ethyl adjacent to an activating group) is 1. The Labute approximate surface area is 389 Å². The number of aromatic nitrogens is 2. The van der Waals surface area contributed by atoms with Crippen molar-refractivity contribution in [3.8, 4) is 22.4 Å². The summed E-state index contributed by atoms with van der Waals surface area (Å²) in [6.07, 6.45) is 5.01. The van der Waals surface area contributed by atoms with Gasteiger partial charge in [0.1, 0.15) is 18.1 Å². The van der Waals surface area contributed by atoms with Gasteiger partial charge in [-0.1, -0.05) is 64.6 Å². The van der Waals surface area contributed by atoms with E-state index in [1.54, 1.807) is 25.3 Å². The number of methoxy groups -OCH3 is 1. The van der Waals surface area contributed by atoms with E-state index >= 15 is 0 Å². The van der Waals surface area contributed by atoms with Gasteiger partial charge in [0.2, 0.25) is 17.7 Å². The first-order valence-electron chi connectivity index (χ1n) is 23.4. The summed E-state index contributed by atoms with van der Waals surface area (Å²) in [5.41, 5.74) is 10.5. The number of hydrogen-bond acceptors (Lipinski definition) is 9. The molecular formula is C52H67N7O7. The van der Waals surface area contributed by atoms with E-state index in [1.165, 1.54) is 16.0 Å². The van der Waals surface area contributed by atoms with Gasteiger partial charge in [-0.2, -0.15) is 0 Å². The summed E-state index contributed by atoms with van der Waals surface area (Å²) in [6, 6.07) is 15.7. The van der Waals surface area contributed by atoms with Crippen molar-refractivity contribution in [3.63, 3.8) is 0 Å². The third-order valence-electron chi connectivity index (χ3n) is 13.7. The zero-order valence-corrected chi connectivity index (χ0v) is 40.1. The second-order valence-corrected chi connectivity index (χ2v) is 19.5. The molecule has 1 unspecified atom stereocenters. The van der Waals surface area contributed by atoms with Gasteiger partial charge in [-0.05, 0) is 105 Å². The van der Waals surface area contributed by atoms with E-state index < -0.39 is 47.2 Å². The van der Waals surface area contributed by atoms with Crippen molar-refractivity contribution in [2.75, 3.05) is 33.9 Å². The molecule has 0 aliphatic carbocycles. The Hall–Kier alpha value is -5.86. The van der Waals surface area contributed by atoms with Gasteiger partial charge in [-0.25, -0.2) is 5.43 Å². The van der Waals surface area contributed by atoms with Gasteiger partial charge in [0.05, 0.1) is 30.0 Å². The minimum absolute atomic E-state index is 0.135. The predicted octanol–water partition coefficient (Wildman–Crippen LogP) is 6.65. The average molecular weight is 902 g/mol. The van der Waals surface area contributed by atoms with Crippen molar-refractivity contribution in [1.29, 1.82) is 0 Å². The Morgan fingerprint density at radius 3 is 2.56 bits per heavy atom. The molecule has 2 saturated heterocycles. The number of ether oxygens (including phenoxy) is 2. The number of hydrazine groups is 1. The molecule has 0 saturated carbocycles. The van der Waals surface area contributed by atoms with E-state index in [4.69, 9.17) is 14.5 Å². The molecule has 2 fully saturated rings. The molecule has 2 N–H and O–H groups in total. The molecule has 6 bridgehead atoms. The molecule has 0 spiro atoms. The third kappa shape index (κ3) is 9.81. The fourth-order valence-corrected chi connectivity index (χ4v) is 10.2. The number of carbonyl (C=O) groups excluding carboxylic acids is 5. The molecule has 352 valence electrons. The number of cyclic esters (lactones) is 1. The molecular weight excluding hydrogens is 835 g/mol. The second-order valence-electron chi connectivity index (χ2n) is 19.5. The number of likely N-dealkylation sites (tertiary alicyclic amines) is 1. The smallest absolute Gasteiger partial charge is 0.324 e. The molecule has 5 heterocycles. The Bertz CT molecular complexity index is 2500. The van der Waals surface area contributed by atoms with Crippen molar-refractivity contribution in [1.82, 2.24) is 35.1 Å². The SMILES string of the molecule is C=CC(=O)N1C[C@@H](C(=O)N(C)C(C(=O)N[C@H]2Cc3cccc(c3)-c3ccc4c(c3)c(c(-c3cccnc3[C@H](C)OC)n4CC)CC(C)(C)COC(=O)[C@@H]3CCCN(N3)C2=O)C(C)C)C[C@@H]1C. The molecule has 6 atom stereocenters. The summed E-state index contributed by atoms with van der Waals surface area (Å²) in [6.45, 7) is 19.0. The quantitative estimate of drug-likeness (QED) is 0.132. The van der Waals surface area contributed by atoms with Crippen molar-refractivity contribution in [2.45, 2.75) is 117 Å². The number of benzene rings is 2. The number of aryl methyl sites for hydroxylation is 1. The highest BCUT2D eigenvalue weighted by Gasteiger charge is 2.42. The van der Waals surface area contributed by atoms with Crippen LogP contribution in [0.4, 0.5) is 0 Å². The number of pyridine rings is 1. The van der Waals surface area contributed by atoms with Gasteiger partial charge in [0.25, 0.3) is 5.91 Å². The number of amides is 4. The maximum atomic E-state index is 14.7. The monoisotopic (exact) mass is 902 g/mol. The van der Waals surface area contributed by atoms with Crippen LogP contribution in [0.15, 0.2) is 73.4 Å². The van der Waals surface area contributed by atoms with Crippen LogP contribution in [0.2, 0.25) is 0 Å². The zero-order chi connectivity index (χ0) is 47.6. The van der Waals surface area contributed by atoms with Gasteiger partial charge in [0.15, 0.2) is 0 Å². The first-order valence-corrected chi connectivity index (χ1v) is 23.4. The lowest BCUT2D eigenvalue weighted by Gasteiger charge is -2.37. The van der Waals surface area contributed by atoms with E-state index in [-0.39, 0.29) is 49.5 Å². The molecule has 14 nitrogen and oxygen atoms in total. The number of nitrogens with one attached hydrogen (secondary N) is 2. The Kier molecular flexibility index (Phi) is 14.5. The lowest BCUT2D eigenvalue weighted by molar-refractivity contribution is -0.155. The van der Waals surface area contributed by atoms with Gasteiger partial charge >= 0.3 is 5.97 Å². The first kappa shape index (κ1) is 48.1. The molecule has 3 aliphatic rings. The molecule has 3 aliphatic heterocycles. The predicted molar refractivity (Wildman–Crippen MR) is 255 cm³/mol. The summed E-state index contributed by atoms with van der Waals surface area (Å²) in [7, 11) is 3.30. The topological polar surface area (TPSA) is 155 Å². The van der Waals surface area contributed by atoms with Crippen LogP contribution in [0.25, 0.3) is 33.3 Å². The van der Waals surface area contributed by atoms with E-state index in [0.717, 1.165) is 50.1 Å².